The minimum Gasteiger partial charge on any atom is -0.395 e. The molecule has 0 saturated carbocycles. The van der Waals surface area contributed by atoms with Crippen molar-refractivity contribution in [2.24, 2.45) is 0 Å². The van der Waals surface area contributed by atoms with Crippen molar-refractivity contribution >= 4 is 17.7 Å². The molecule has 0 aliphatic rings. The van der Waals surface area contributed by atoms with E-state index in [1.165, 1.54) is 0 Å². The standard InChI is InChI=1S/C16H21NO2S/c1-20-13-5-3-11-17-16(19)15-9-7-14(8-10-15)6-2-4-12-18/h7-10,18H,3-5,11-13H2,1H3,(H,17,19). The first-order valence-electron chi connectivity index (χ1n) is 6.75. The molecule has 2 N–H and O–H groups in total. The molecule has 0 atom stereocenters. The van der Waals surface area contributed by atoms with Crippen LogP contribution in [0.2, 0.25) is 0 Å². The third kappa shape index (κ3) is 6.65. The molecule has 0 aliphatic heterocycles. The lowest BCUT2D eigenvalue weighted by Gasteiger charge is -2.05. The summed E-state index contributed by atoms with van der Waals surface area (Å²) in [4.78, 5) is 11.9. The van der Waals surface area contributed by atoms with Crippen LogP contribution < -0.4 is 5.32 Å². The van der Waals surface area contributed by atoms with Gasteiger partial charge in [0.15, 0.2) is 0 Å². The Hall–Kier alpha value is -1.44. The second-order valence-corrected chi connectivity index (χ2v) is 5.29. The van der Waals surface area contributed by atoms with Crippen molar-refractivity contribution in [2.45, 2.75) is 19.3 Å². The molecule has 1 aromatic carbocycles. The van der Waals surface area contributed by atoms with Crippen LogP contribution in [0.1, 0.15) is 35.2 Å². The van der Waals surface area contributed by atoms with E-state index in [4.69, 9.17) is 5.11 Å². The van der Waals surface area contributed by atoms with Crippen LogP contribution in [0.4, 0.5) is 0 Å². The number of aliphatic hydroxyl groups excluding tert-OH is 1. The summed E-state index contributed by atoms with van der Waals surface area (Å²) in [5, 5.41) is 11.6. The predicted octanol–water partition coefficient (Wildman–Crippen LogP) is 2.29. The van der Waals surface area contributed by atoms with Crippen LogP contribution in [0.25, 0.3) is 0 Å². The Balaban J connectivity index is 2.40. The van der Waals surface area contributed by atoms with E-state index in [2.05, 4.69) is 23.4 Å². The maximum Gasteiger partial charge on any atom is 0.251 e. The van der Waals surface area contributed by atoms with Crippen LogP contribution in [0.5, 0.6) is 0 Å². The zero-order chi connectivity index (χ0) is 14.6. The van der Waals surface area contributed by atoms with Gasteiger partial charge < -0.3 is 10.4 Å². The number of benzene rings is 1. The highest BCUT2D eigenvalue weighted by Gasteiger charge is 2.03. The molecule has 0 saturated heterocycles. The Kier molecular flexibility index (Phi) is 8.61. The van der Waals surface area contributed by atoms with Gasteiger partial charge in [0.05, 0.1) is 6.61 Å². The summed E-state index contributed by atoms with van der Waals surface area (Å²) in [7, 11) is 0. The van der Waals surface area contributed by atoms with E-state index in [9.17, 15) is 4.79 Å². The average Bonchev–Trinajstić information content (AvgIpc) is 2.48. The van der Waals surface area contributed by atoms with E-state index >= 15 is 0 Å². The highest BCUT2D eigenvalue weighted by Crippen LogP contribution is 2.04. The number of hydrogen-bond acceptors (Lipinski definition) is 3. The first-order chi connectivity index (χ1) is 9.77. The van der Waals surface area contributed by atoms with Gasteiger partial charge in [-0.3, -0.25) is 4.79 Å². The molecule has 0 radical (unpaired) electrons. The first kappa shape index (κ1) is 16.6. The molecular weight excluding hydrogens is 270 g/mol. The fourth-order valence-electron chi connectivity index (χ4n) is 1.60. The van der Waals surface area contributed by atoms with E-state index < -0.39 is 0 Å². The topological polar surface area (TPSA) is 49.3 Å². The third-order valence-corrected chi connectivity index (χ3v) is 3.37. The van der Waals surface area contributed by atoms with Gasteiger partial charge in [-0.15, -0.1) is 0 Å². The van der Waals surface area contributed by atoms with E-state index in [1.54, 1.807) is 12.1 Å². The molecule has 3 nitrogen and oxygen atoms in total. The smallest absolute Gasteiger partial charge is 0.251 e. The molecule has 0 unspecified atom stereocenters. The van der Waals surface area contributed by atoms with E-state index in [0.717, 1.165) is 30.7 Å². The second kappa shape index (κ2) is 10.4. The Morgan fingerprint density at radius 2 is 2.05 bits per heavy atom. The van der Waals surface area contributed by atoms with Crippen molar-refractivity contribution < 1.29 is 9.90 Å². The molecule has 20 heavy (non-hydrogen) atoms. The van der Waals surface area contributed by atoms with Gasteiger partial charge in [-0.25, -0.2) is 0 Å². The summed E-state index contributed by atoms with van der Waals surface area (Å²) in [6.07, 6.45) is 4.69. The van der Waals surface area contributed by atoms with Crippen LogP contribution in [-0.2, 0) is 0 Å². The molecule has 1 rings (SSSR count). The number of carbonyl (C=O) groups is 1. The Morgan fingerprint density at radius 1 is 1.30 bits per heavy atom. The lowest BCUT2D eigenvalue weighted by molar-refractivity contribution is 0.0953. The van der Waals surface area contributed by atoms with Crippen LogP contribution in [0.15, 0.2) is 24.3 Å². The monoisotopic (exact) mass is 291 g/mol. The Bertz CT molecular complexity index is 460. The molecule has 0 aliphatic carbocycles. The van der Waals surface area contributed by atoms with Crippen molar-refractivity contribution in [2.75, 3.05) is 25.2 Å². The average molecular weight is 291 g/mol. The van der Waals surface area contributed by atoms with Gasteiger partial charge in [-0.2, -0.15) is 11.8 Å². The maximum absolute atomic E-state index is 11.9. The van der Waals surface area contributed by atoms with Crippen molar-refractivity contribution in [1.82, 2.24) is 5.32 Å². The Morgan fingerprint density at radius 3 is 2.70 bits per heavy atom. The lowest BCUT2D eigenvalue weighted by Crippen LogP contribution is -2.24. The minimum absolute atomic E-state index is 0.0379. The number of carbonyl (C=O) groups excluding carboxylic acids is 1. The SMILES string of the molecule is CSCCCCNC(=O)c1ccc(C#CCCO)cc1. The van der Waals surface area contributed by atoms with Crippen molar-refractivity contribution in [3.63, 3.8) is 0 Å². The first-order valence-corrected chi connectivity index (χ1v) is 8.14. The molecule has 0 aromatic heterocycles. The van der Waals surface area contributed by atoms with Crippen LogP contribution in [0.3, 0.4) is 0 Å². The largest absolute Gasteiger partial charge is 0.395 e. The number of thioether (sulfide) groups is 1. The summed E-state index contributed by atoms with van der Waals surface area (Å²) < 4.78 is 0. The van der Waals surface area contributed by atoms with Crippen LogP contribution in [0, 0.1) is 11.8 Å². The maximum atomic E-state index is 11.9. The van der Waals surface area contributed by atoms with Crippen LogP contribution >= 0.6 is 11.8 Å². The van der Waals surface area contributed by atoms with Gasteiger partial charge in [-0.1, -0.05) is 11.8 Å². The molecular formula is C16H21NO2S. The fourth-order valence-corrected chi connectivity index (χ4v) is 2.09. The van der Waals surface area contributed by atoms with Gasteiger partial charge in [0.25, 0.3) is 5.91 Å². The molecule has 0 spiro atoms. The fraction of sp³-hybridized carbons (Fsp3) is 0.438. The number of amides is 1. The quantitative estimate of drug-likeness (QED) is 0.598. The summed E-state index contributed by atoms with van der Waals surface area (Å²) in [5.41, 5.74) is 1.51. The zero-order valence-electron chi connectivity index (χ0n) is 11.8. The molecule has 0 bridgehead atoms. The highest BCUT2D eigenvalue weighted by atomic mass is 32.2. The van der Waals surface area contributed by atoms with Gasteiger partial charge in [0, 0.05) is 24.1 Å². The number of nitrogens with one attached hydrogen (secondary N) is 1. The van der Waals surface area contributed by atoms with Crippen molar-refractivity contribution in [1.29, 1.82) is 0 Å². The van der Waals surface area contributed by atoms with Gasteiger partial charge in [0.2, 0.25) is 0 Å². The number of unbranched alkanes of at least 4 members (excludes halogenated alkanes) is 1. The van der Waals surface area contributed by atoms with E-state index in [-0.39, 0.29) is 12.5 Å². The molecule has 4 heteroatoms. The minimum atomic E-state index is -0.0379. The molecule has 0 heterocycles. The Labute approximate surface area is 125 Å². The molecule has 1 aromatic rings. The highest BCUT2D eigenvalue weighted by molar-refractivity contribution is 7.98. The number of hydrogen-bond donors (Lipinski definition) is 2. The van der Waals surface area contributed by atoms with Crippen molar-refractivity contribution in [3.8, 4) is 11.8 Å². The van der Waals surface area contributed by atoms with Gasteiger partial charge in [-0.05, 0) is 49.1 Å². The summed E-state index contributed by atoms with van der Waals surface area (Å²) in [6, 6.07) is 7.21. The van der Waals surface area contributed by atoms with E-state index in [0.29, 0.717) is 12.0 Å². The number of aliphatic hydroxyl groups is 1. The second-order valence-electron chi connectivity index (χ2n) is 4.31. The zero-order valence-corrected chi connectivity index (χ0v) is 12.6. The summed E-state index contributed by atoms with van der Waals surface area (Å²) in [5.74, 6) is 6.88. The normalized spacial score (nSPS) is 9.70. The summed E-state index contributed by atoms with van der Waals surface area (Å²) in [6.45, 7) is 0.793. The van der Waals surface area contributed by atoms with Crippen LogP contribution in [-0.4, -0.2) is 36.2 Å². The summed E-state index contributed by atoms with van der Waals surface area (Å²) >= 11 is 1.83. The molecule has 1 amide bonds. The van der Waals surface area contributed by atoms with Gasteiger partial charge >= 0.3 is 0 Å². The lowest BCUT2D eigenvalue weighted by atomic mass is 10.1. The molecule has 108 valence electrons. The molecule has 0 fully saturated rings. The number of rotatable bonds is 7. The predicted molar refractivity (Wildman–Crippen MR) is 85.0 cm³/mol. The van der Waals surface area contributed by atoms with Crippen molar-refractivity contribution in [3.05, 3.63) is 35.4 Å². The van der Waals surface area contributed by atoms with Gasteiger partial charge in [0.1, 0.15) is 0 Å². The van der Waals surface area contributed by atoms with E-state index in [1.807, 2.05) is 23.9 Å². The third-order valence-electron chi connectivity index (χ3n) is 2.68.